The fraction of sp³-hybridized carbons (Fsp3) is 0.462. The largest absolute Gasteiger partial charge is 0.506 e. The summed E-state index contributed by atoms with van der Waals surface area (Å²) in [7, 11) is 0. The molecule has 4 nitrogen and oxygen atoms in total. The van der Waals surface area contributed by atoms with E-state index in [-0.39, 0.29) is 29.2 Å². The lowest BCUT2D eigenvalue weighted by molar-refractivity contribution is -0.132. The standard InChI is InChI=1S/C13H16ClNO3/c14-11-7-9(1-2-12(11)17)8-13(18)15-5-3-10(16)4-6-15/h1-2,7,10,16-17H,3-6,8H2. The minimum absolute atomic E-state index is 0.0222. The molecule has 0 atom stereocenters. The molecule has 0 bridgehead atoms. The first-order valence-electron chi connectivity index (χ1n) is 5.99. The molecule has 1 aliphatic rings. The highest BCUT2D eigenvalue weighted by atomic mass is 35.5. The summed E-state index contributed by atoms with van der Waals surface area (Å²) >= 11 is 5.79. The first-order valence-corrected chi connectivity index (χ1v) is 6.37. The Morgan fingerprint density at radius 2 is 2.06 bits per heavy atom. The Bertz CT molecular complexity index is 442. The van der Waals surface area contributed by atoms with Crippen molar-refractivity contribution in [1.29, 1.82) is 0 Å². The van der Waals surface area contributed by atoms with E-state index in [2.05, 4.69) is 0 Å². The van der Waals surface area contributed by atoms with Gasteiger partial charge in [0.15, 0.2) is 0 Å². The average molecular weight is 270 g/mol. The summed E-state index contributed by atoms with van der Waals surface area (Å²) in [6.07, 6.45) is 1.28. The molecule has 18 heavy (non-hydrogen) atoms. The third-order valence-corrected chi connectivity index (χ3v) is 3.49. The molecule has 0 saturated carbocycles. The average Bonchev–Trinajstić information content (AvgIpc) is 2.34. The van der Waals surface area contributed by atoms with Crippen molar-refractivity contribution in [2.45, 2.75) is 25.4 Å². The number of aromatic hydroxyl groups is 1. The number of amides is 1. The van der Waals surface area contributed by atoms with Gasteiger partial charge in [-0.15, -0.1) is 0 Å². The van der Waals surface area contributed by atoms with Gasteiger partial charge in [0, 0.05) is 13.1 Å². The van der Waals surface area contributed by atoms with Gasteiger partial charge < -0.3 is 15.1 Å². The quantitative estimate of drug-likeness (QED) is 0.857. The van der Waals surface area contributed by atoms with E-state index < -0.39 is 0 Å². The van der Waals surface area contributed by atoms with Crippen molar-refractivity contribution in [3.63, 3.8) is 0 Å². The van der Waals surface area contributed by atoms with Gasteiger partial charge in [-0.1, -0.05) is 17.7 Å². The smallest absolute Gasteiger partial charge is 0.226 e. The van der Waals surface area contributed by atoms with E-state index in [1.807, 2.05) is 0 Å². The number of hydrogen-bond acceptors (Lipinski definition) is 3. The van der Waals surface area contributed by atoms with Crippen molar-refractivity contribution < 1.29 is 15.0 Å². The summed E-state index contributed by atoms with van der Waals surface area (Å²) < 4.78 is 0. The minimum atomic E-state index is -0.280. The van der Waals surface area contributed by atoms with Crippen LogP contribution in [0.2, 0.25) is 5.02 Å². The molecule has 0 unspecified atom stereocenters. The van der Waals surface area contributed by atoms with Crippen LogP contribution in [0.25, 0.3) is 0 Å². The van der Waals surface area contributed by atoms with Crippen LogP contribution in [-0.4, -0.2) is 40.2 Å². The summed E-state index contributed by atoms with van der Waals surface area (Å²) in [6.45, 7) is 1.21. The lowest BCUT2D eigenvalue weighted by Crippen LogP contribution is -2.40. The van der Waals surface area contributed by atoms with Crippen molar-refractivity contribution in [2.24, 2.45) is 0 Å². The topological polar surface area (TPSA) is 60.8 Å². The highest BCUT2D eigenvalue weighted by Crippen LogP contribution is 2.24. The van der Waals surface area contributed by atoms with Gasteiger partial charge in [-0.25, -0.2) is 0 Å². The lowest BCUT2D eigenvalue weighted by Gasteiger charge is -2.29. The van der Waals surface area contributed by atoms with E-state index in [1.165, 1.54) is 6.07 Å². The molecule has 1 saturated heterocycles. The zero-order chi connectivity index (χ0) is 13.1. The number of carbonyl (C=O) groups excluding carboxylic acids is 1. The number of phenolic OH excluding ortho intramolecular Hbond substituents is 1. The van der Waals surface area contributed by atoms with E-state index in [4.69, 9.17) is 11.6 Å². The summed E-state index contributed by atoms with van der Waals surface area (Å²) in [6, 6.07) is 4.79. The fourth-order valence-electron chi connectivity index (χ4n) is 2.06. The molecule has 5 heteroatoms. The third-order valence-electron chi connectivity index (χ3n) is 3.18. The summed E-state index contributed by atoms with van der Waals surface area (Å²) in [5.74, 6) is 0.0533. The van der Waals surface area contributed by atoms with E-state index in [9.17, 15) is 15.0 Å². The number of benzene rings is 1. The zero-order valence-corrected chi connectivity index (χ0v) is 10.7. The van der Waals surface area contributed by atoms with Gasteiger partial charge in [-0.05, 0) is 30.5 Å². The predicted octanol–water partition coefficient (Wildman–Crippen LogP) is 1.57. The van der Waals surface area contributed by atoms with Crippen LogP contribution < -0.4 is 0 Å². The first kappa shape index (κ1) is 13.2. The molecule has 1 aromatic rings. The molecule has 0 aromatic heterocycles. The van der Waals surface area contributed by atoms with Gasteiger partial charge in [0.05, 0.1) is 17.5 Å². The number of piperidine rings is 1. The minimum Gasteiger partial charge on any atom is -0.506 e. The molecule has 98 valence electrons. The maximum Gasteiger partial charge on any atom is 0.226 e. The second-order valence-electron chi connectivity index (χ2n) is 4.57. The Kier molecular flexibility index (Phi) is 4.09. The molecule has 2 N–H and O–H groups in total. The van der Waals surface area contributed by atoms with Crippen LogP contribution in [0.1, 0.15) is 18.4 Å². The third kappa shape index (κ3) is 3.15. The Balaban J connectivity index is 1.96. The van der Waals surface area contributed by atoms with E-state index in [1.54, 1.807) is 17.0 Å². The molecule has 1 amide bonds. The van der Waals surface area contributed by atoms with E-state index in [0.717, 1.165) is 5.56 Å². The van der Waals surface area contributed by atoms with E-state index >= 15 is 0 Å². The van der Waals surface area contributed by atoms with Gasteiger partial charge in [0.2, 0.25) is 5.91 Å². The van der Waals surface area contributed by atoms with Crippen molar-refractivity contribution in [3.8, 4) is 5.75 Å². The summed E-state index contributed by atoms with van der Waals surface area (Å²) in [4.78, 5) is 13.8. The number of carbonyl (C=O) groups is 1. The number of halogens is 1. The molecule has 0 spiro atoms. The Morgan fingerprint density at radius 3 is 2.67 bits per heavy atom. The van der Waals surface area contributed by atoms with Crippen LogP contribution in [0, 0.1) is 0 Å². The maximum atomic E-state index is 12.0. The monoisotopic (exact) mass is 269 g/mol. The molecular formula is C13H16ClNO3. The van der Waals surface area contributed by atoms with Gasteiger partial charge in [0.25, 0.3) is 0 Å². The van der Waals surface area contributed by atoms with Crippen LogP contribution in [0.4, 0.5) is 0 Å². The molecule has 1 fully saturated rings. The Labute approximate surface area is 111 Å². The van der Waals surface area contributed by atoms with Crippen molar-refractivity contribution in [2.75, 3.05) is 13.1 Å². The van der Waals surface area contributed by atoms with Gasteiger partial charge in [-0.3, -0.25) is 4.79 Å². The van der Waals surface area contributed by atoms with Gasteiger partial charge in [-0.2, -0.15) is 0 Å². The SMILES string of the molecule is O=C(Cc1ccc(O)c(Cl)c1)N1CCC(O)CC1. The van der Waals surface area contributed by atoms with Crippen molar-refractivity contribution in [3.05, 3.63) is 28.8 Å². The van der Waals surface area contributed by atoms with E-state index in [0.29, 0.717) is 25.9 Å². The number of aliphatic hydroxyl groups is 1. The second kappa shape index (κ2) is 5.59. The molecule has 1 aromatic carbocycles. The lowest BCUT2D eigenvalue weighted by atomic mass is 10.1. The van der Waals surface area contributed by atoms with Gasteiger partial charge in [0.1, 0.15) is 5.75 Å². The molecule has 0 radical (unpaired) electrons. The highest BCUT2D eigenvalue weighted by Gasteiger charge is 2.21. The van der Waals surface area contributed by atoms with Crippen LogP contribution in [0.5, 0.6) is 5.75 Å². The number of phenols is 1. The van der Waals surface area contributed by atoms with Gasteiger partial charge >= 0.3 is 0 Å². The van der Waals surface area contributed by atoms with Crippen LogP contribution in [-0.2, 0) is 11.2 Å². The second-order valence-corrected chi connectivity index (χ2v) is 4.98. The number of likely N-dealkylation sites (tertiary alicyclic amines) is 1. The summed E-state index contributed by atoms with van der Waals surface area (Å²) in [5, 5.41) is 18.9. The fourth-order valence-corrected chi connectivity index (χ4v) is 2.27. The van der Waals surface area contributed by atoms with Crippen molar-refractivity contribution >= 4 is 17.5 Å². The van der Waals surface area contributed by atoms with Crippen LogP contribution in [0.15, 0.2) is 18.2 Å². The highest BCUT2D eigenvalue weighted by molar-refractivity contribution is 6.32. The number of nitrogens with zero attached hydrogens (tertiary/aromatic N) is 1. The number of hydrogen-bond donors (Lipinski definition) is 2. The molecule has 0 aliphatic carbocycles. The van der Waals surface area contributed by atoms with Crippen LogP contribution >= 0.6 is 11.6 Å². The molecule has 1 heterocycles. The van der Waals surface area contributed by atoms with Crippen LogP contribution in [0.3, 0.4) is 0 Å². The normalized spacial score (nSPS) is 16.9. The maximum absolute atomic E-state index is 12.0. The molecule has 1 aliphatic heterocycles. The number of aliphatic hydroxyl groups excluding tert-OH is 1. The summed E-state index contributed by atoms with van der Waals surface area (Å²) in [5.41, 5.74) is 0.786. The Hall–Kier alpha value is -1.26. The zero-order valence-electron chi connectivity index (χ0n) is 9.97. The molecule has 2 rings (SSSR count). The number of rotatable bonds is 2. The predicted molar refractivity (Wildman–Crippen MR) is 68.6 cm³/mol. The van der Waals surface area contributed by atoms with Crippen molar-refractivity contribution in [1.82, 2.24) is 4.90 Å². The first-order chi connectivity index (χ1) is 8.56. The Morgan fingerprint density at radius 1 is 1.39 bits per heavy atom. The molecular weight excluding hydrogens is 254 g/mol.